The monoisotopic (exact) mass is 269 g/mol. The Kier molecular flexibility index (Phi) is 6.37. The summed E-state index contributed by atoms with van der Waals surface area (Å²) in [5, 5.41) is 3.61. The molecule has 0 aliphatic heterocycles. The molecule has 0 radical (unpaired) electrons. The van der Waals surface area contributed by atoms with Crippen molar-refractivity contribution in [2.24, 2.45) is 0 Å². The molecule has 0 spiro atoms. The van der Waals surface area contributed by atoms with Crippen molar-refractivity contribution in [3.05, 3.63) is 46.8 Å². The fourth-order valence-corrected chi connectivity index (χ4v) is 1.94. The predicted molar refractivity (Wildman–Crippen MR) is 76.5 cm³/mol. The van der Waals surface area contributed by atoms with Gasteiger partial charge in [-0.1, -0.05) is 30.2 Å². The van der Waals surface area contributed by atoms with E-state index in [1.54, 1.807) is 6.07 Å². The Morgan fingerprint density at radius 3 is 2.78 bits per heavy atom. The number of hydrogen-bond donors (Lipinski definition) is 1. The third-order valence-corrected chi connectivity index (χ3v) is 3.15. The second-order valence-electron chi connectivity index (χ2n) is 4.68. The number of allylic oxidation sites excluding steroid dienone is 1. The van der Waals surface area contributed by atoms with Crippen molar-refractivity contribution >= 4 is 11.6 Å². The van der Waals surface area contributed by atoms with Crippen LogP contribution in [0.2, 0.25) is 5.02 Å². The Bertz CT molecular complexity index is 403. The molecule has 1 aromatic rings. The molecule has 1 atom stereocenters. The zero-order valence-corrected chi connectivity index (χ0v) is 11.9. The summed E-state index contributed by atoms with van der Waals surface area (Å²) in [6.07, 6.45) is 2.92. The molecule has 0 amide bonds. The molecule has 1 rings (SSSR count). The molecule has 1 aromatic carbocycles. The SMILES string of the molecule is C=C(C)CCC(NCCC)c1ccc(Cl)c(F)c1. The van der Waals surface area contributed by atoms with Crippen molar-refractivity contribution in [2.75, 3.05) is 6.54 Å². The van der Waals surface area contributed by atoms with Crippen molar-refractivity contribution < 1.29 is 4.39 Å². The van der Waals surface area contributed by atoms with Gasteiger partial charge in [-0.3, -0.25) is 0 Å². The highest BCUT2D eigenvalue weighted by molar-refractivity contribution is 6.30. The molecule has 0 saturated carbocycles. The molecule has 0 aliphatic rings. The first-order valence-corrected chi connectivity index (χ1v) is 6.75. The molecule has 0 aliphatic carbocycles. The van der Waals surface area contributed by atoms with Crippen LogP contribution in [0.3, 0.4) is 0 Å². The molecule has 18 heavy (non-hydrogen) atoms. The summed E-state index contributed by atoms with van der Waals surface area (Å²) < 4.78 is 13.5. The fraction of sp³-hybridized carbons (Fsp3) is 0.467. The summed E-state index contributed by atoms with van der Waals surface area (Å²) in [5.41, 5.74) is 2.10. The van der Waals surface area contributed by atoms with Gasteiger partial charge in [-0.25, -0.2) is 4.39 Å². The molecule has 1 unspecified atom stereocenters. The Labute approximate surface area is 114 Å². The average molecular weight is 270 g/mol. The first kappa shape index (κ1) is 15.2. The molecule has 100 valence electrons. The topological polar surface area (TPSA) is 12.0 Å². The van der Waals surface area contributed by atoms with Crippen molar-refractivity contribution in [1.29, 1.82) is 0 Å². The van der Waals surface area contributed by atoms with Crippen LogP contribution in [0.25, 0.3) is 0 Å². The molecule has 0 saturated heterocycles. The van der Waals surface area contributed by atoms with Crippen molar-refractivity contribution in [2.45, 2.75) is 39.2 Å². The van der Waals surface area contributed by atoms with E-state index >= 15 is 0 Å². The molecule has 3 heteroatoms. The third kappa shape index (κ3) is 4.79. The maximum absolute atomic E-state index is 13.5. The highest BCUT2D eigenvalue weighted by Gasteiger charge is 2.12. The van der Waals surface area contributed by atoms with Crippen LogP contribution in [0.1, 0.15) is 44.7 Å². The molecule has 0 aromatic heterocycles. The van der Waals surface area contributed by atoms with Crippen LogP contribution in [0, 0.1) is 5.82 Å². The second-order valence-corrected chi connectivity index (χ2v) is 5.08. The van der Waals surface area contributed by atoms with E-state index in [9.17, 15) is 4.39 Å². The van der Waals surface area contributed by atoms with Crippen LogP contribution in [-0.2, 0) is 0 Å². The smallest absolute Gasteiger partial charge is 0.142 e. The van der Waals surface area contributed by atoms with Gasteiger partial charge in [0.1, 0.15) is 5.82 Å². The predicted octanol–water partition coefficient (Wildman–Crippen LogP) is 4.88. The zero-order chi connectivity index (χ0) is 13.5. The third-order valence-electron chi connectivity index (χ3n) is 2.85. The minimum absolute atomic E-state index is 0.161. The largest absolute Gasteiger partial charge is 0.310 e. The van der Waals surface area contributed by atoms with Gasteiger partial charge in [0.05, 0.1) is 5.02 Å². The van der Waals surface area contributed by atoms with E-state index in [0.29, 0.717) is 0 Å². The van der Waals surface area contributed by atoms with Crippen molar-refractivity contribution in [3.63, 3.8) is 0 Å². The summed E-state index contributed by atoms with van der Waals surface area (Å²) in [7, 11) is 0. The van der Waals surface area contributed by atoms with E-state index in [0.717, 1.165) is 36.9 Å². The summed E-state index contributed by atoms with van der Waals surface area (Å²) in [5.74, 6) is -0.354. The van der Waals surface area contributed by atoms with E-state index in [1.165, 1.54) is 6.07 Å². The Balaban J connectivity index is 2.79. The quantitative estimate of drug-likeness (QED) is 0.696. The maximum Gasteiger partial charge on any atom is 0.142 e. The molecular weight excluding hydrogens is 249 g/mol. The van der Waals surface area contributed by atoms with Gasteiger partial charge < -0.3 is 5.32 Å². The lowest BCUT2D eigenvalue weighted by atomic mass is 9.99. The first-order valence-electron chi connectivity index (χ1n) is 6.37. The van der Waals surface area contributed by atoms with Gasteiger partial charge in [0.15, 0.2) is 0 Å². The molecule has 0 bridgehead atoms. The van der Waals surface area contributed by atoms with E-state index in [1.807, 2.05) is 13.0 Å². The van der Waals surface area contributed by atoms with E-state index in [-0.39, 0.29) is 16.9 Å². The molecule has 1 nitrogen and oxygen atoms in total. The highest BCUT2D eigenvalue weighted by atomic mass is 35.5. The van der Waals surface area contributed by atoms with Crippen LogP contribution in [0.4, 0.5) is 4.39 Å². The van der Waals surface area contributed by atoms with Crippen LogP contribution in [0.5, 0.6) is 0 Å². The summed E-state index contributed by atoms with van der Waals surface area (Å²) >= 11 is 5.71. The van der Waals surface area contributed by atoms with E-state index in [4.69, 9.17) is 11.6 Å². The Hall–Kier alpha value is -0.860. The molecular formula is C15H21ClFN. The lowest BCUT2D eigenvalue weighted by Gasteiger charge is -2.19. The van der Waals surface area contributed by atoms with Gasteiger partial charge in [-0.15, -0.1) is 6.58 Å². The second kappa shape index (κ2) is 7.55. The maximum atomic E-state index is 13.5. The van der Waals surface area contributed by atoms with Crippen molar-refractivity contribution in [3.8, 4) is 0 Å². The van der Waals surface area contributed by atoms with Crippen LogP contribution < -0.4 is 5.32 Å². The van der Waals surface area contributed by atoms with Gasteiger partial charge in [0.25, 0.3) is 0 Å². The highest BCUT2D eigenvalue weighted by Crippen LogP contribution is 2.24. The van der Waals surface area contributed by atoms with E-state index < -0.39 is 0 Å². The molecule has 0 heterocycles. The van der Waals surface area contributed by atoms with Crippen LogP contribution in [0.15, 0.2) is 30.4 Å². The minimum Gasteiger partial charge on any atom is -0.310 e. The summed E-state index contributed by atoms with van der Waals surface area (Å²) in [6, 6.07) is 5.19. The van der Waals surface area contributed by atoms with Gasteiger partial charge in [-0.2, -0.15) is 0 Å². The molecule has 1 N–H and O–H groups in total. The van der Waals surface area contributed by atoms with Crippen molar-refractivity contribution in [1.82, 2.24) is 5.32 Å². The standard InChI is InChI=1S/C15H21ClFN/c1-4-9-18-15(8-5-11(2)3)12-6-7-13(16)14(17)10-12/h6-7,10,15,18H,2,4-5,8-9H2,1,3H3. The van der Waals surface area contributed by atoms with E-state index in [2.05, 4.69) is 18.8 Å². The lowest BCUT2D eigenvalue weighted by Crippen LogP contribution is -2.22. The summed E-state index contributed by atoms with van der Waals surface area (Å²) in [6.45, 7) is 8.96. The van der Waals surface area contributed by atoms with Gasteiger partial charge in [0, 0.05) is 6.04 Å². The fourth-order valence-electron chi connectivity index (χ4n) is 1.83. The van der Waals surface area contributed by atoms with Gasteiger partial charge in [-0.05, 0) is 50.4 Å². The van der Waals surface area contributed by atoms with Gasteiger partial charge >= 0.3 is 0 Å². The summed E-state index contributed by atoms with van der Waals surface area (Å²) in [4.78, 5) is 0. The zero-order valence-electron chi connectivity index (χ0n) is 11.1. The lowest BCUT2D eigenvalue weighted by molar-refractivity contribution is 0.495. The Morgan fingerprint density at radius 2 is 2.22 bits per heavy atom. The number of benzene rings is 1. The van der Waals surface area contributed by atoms with Gasteiger partial charge in [0.2, 0.25) is 0 Å². The number of nitrogens with one attached hydrogen (secondary N) is 1. The molecule has 0 fully saturated rings. The number of hydrogen-bond acceptors (Lipinski definition) is 1. The normalized spacial score (nSPS) is 12.4. The van der Waals surface area contributed by atoms with Crippen LogP contribution in [-0.4, -0.2) is 6.54 Å². The first-order chi connectivity index (χ1) is 8.54. The average Bonchev–Trinajstić information content (AvgIpc) is 2.33. The Morgan fingerprint density at radius 1 is 1.50 bits per heavy atom. The number of rotatable bonds is 7. The number of halogens is 2. The minimum atomic E-state index is -0.354. The van der Waals surface area contributed by atoms with Crippen LogP contribution >= 0.6 is 11.6 Å².